The van der Waals surface area contributed by atoms with Gasteiger partial charge in [0.15, 0.2) is 6.04 Å². The molecule has 1 N–H and O–H groups in total. The third-order valence-corrected chi connectivity index (χ3v) is 3.97. The first-order valence-electron chi connectivity index (χ1n) is 6.66. The summed E-state index contributed by atoms with van der Waals surface area (Å²) in [7, 11) is 0. The number of amides is 2. The van der Waals surface area contributed by atoms with Gasteiger partial charge in [0.05, 0.1) is 25.4 Å². The monoisotopic (exact) mass is 270 g/mol. The van der Waals surface area contributed by atoms with Crippen LogP contribution in [-0.4, -0.2) is 78.0 Å². The maximum Gasteiger partial charge on any atom is 0.328 e. The highest BCUT2D eigenvalue weighted by Crippen LogP contribution is 2.27. The molecule has 2 bridgehead atoms. The Morgan fingerprint density at radius 2 is 1.84 bits per heavy atom. The number of carboxylic acid groups (broad SMARTS) is 1. The Labute approximate surface area is 111 Å². The average molecular weight is 270 g/mol. The molecular weight excluding hydrogens is 252 g/mol. The largest absolute Gasteiger partial charge is 0.480 e. The molecular formula is C12H18N2O5. The maximum absolute atomic E-state index is 12.5. The normalized spacial score (nSPS) is 34.4. The fourth-order valence-corrected chi connectivity index (χ4v) is 2.99. The zero-order valence-electron chi connectivity index (χ0n) is 10.7. The predicted molar refractivity (Wildman–Crippen MR) is 63.8 cm³/mol. The Morgan fingerprint density at radius 1 is 1.16 bits per heavy atom. The van der Waals surface area contributed by atoms with Crippen LogP contribution in [0.2, 0.25) is 0 Å². The van der Waals surface area contributed by atoms with Gasteiger partial charge in [0.2, 0.25) is 0 Å². The highest BCUT2D eigenvalue weighted by Gasteiger charge is 2.40. The molecule has 0 radical (unpaired) electrons. The van der Waals surface area contributed by atoms with Crippen molar-refractivity contribution in [2.45, 2.75) is 31.1 Å². The summed E-state index contributed by atoms with van der Waals surface area (Å²) in [5, 5.41) is 9.16. The minimum absolute atomic E-state index is 0.0677. The minimum Gasteiger partial charge on any atom is -0.480 e. The Morgan fingerprint density at radius 3 is 2.47 bits per heavy atom. The van der Waals surface area contributed by atoms with Crippen LogP contribution in [0.1, 0.15) is 12.8 Å². The second-order valence-corrected chi connectivity index (χ2v) is 5.27. The number of aliphatic carboxylic acids is 1. The van der Waals surface area contributed by atoms with Crippen molar-refractivity contribution >= 4 is 12.0 Å². The van der Waals surface area contributed by atoms with Crippen LogP contribution in [0.25, 0.3) is 0 Å². The minimum atomic E-state index is -1.01. The van der Waals surface area contributed by atoms with Crippen molar-refractivity contribution in [1.29, 1.82) is 0 Å². The first kappa shape index (κ1) is 12.7. The van der Waals surface area contributed by atoms with Crippen molar-refractivity contribution in [2.24, 2.45) is 0 Å². The van der Waals surface area contributed by atoms with E-state index in [0.717, 1.165) is 12.8 Å². The van der Waals surface area contributed by atoms with Crippen molar-refractivity contribution in [1.82, 2.24) is 9.80 Å². The van der Waals surface area contributed by atoms with Gasteiger partial charge in [0, 0.05) is 19.6 Å². The highest BCUT2D eigenvalue weighted by atomic mass is 16.5. The van der Waals surface area contributed by atoms with Crippen LogP contribution in [0.5, 0.6) is 0 Å². The standard InChI is InChI=1S/C12H18N2O5/c15-11(16)10-7-18-4-3-14(10)12(17)13-5-8-1-2-9(6-13)19-8/h8-10H,1-7H2,(H,15,16). The van der Waals surface area contributed by atoms with Gasteiger partial charge in [0.25, 0.3) is 0 Å². The van der Waals surface area contributed by atoms with Gasteiger partial charge in [0.1, 0.15) is 0 Å². The molecule has 3 atom stereocenters. The molecule has 7 heteroatoms. The molecule has 19 heavy (non-hydrogen) atoms. The van der Waals surface area contributed by atoms with Crippen LogP contribution in [0.3, 0.4) is 0 Å². The summed E-state index contributed by atoms with van der Waals surface area (Å²) in [6.07, 6.45) is 2.21. The number of hydrogen-bond donors (Lipinski definition) is 1. The van der Waals surface area contributed by atoms with E-state index in [1.807, 2.05) is 0 Å². The van der Waals surface area contributed by atoms with E-state index in [0.29, 0.717) is 26.2 Å². The molecule has 3 unspecified atom stereocenters. The molecule has 3 saturated heterocycles. The van der Waals surface area contributed by atoms with Crippen molar-refractivity contribution in [3.8, 4) is 0 Å². The molecule has 3 rings (SSSR count). The van der Waals surface area contributed by atoms with E-state index in [4.69, 9.17) is 14.6 Å². The van der Waals surface area contributed by atoms with Gasteiger partial charge in [-0.15, -0.1) is 0 Å². The van der Waals surface area contributed by atoms with Crippen LogP contribution in [0.4, 0.5) is 4.79 Å². The number of likely N-dealkylation sites (tertiary alicyclic amines) is 1. The van der Waals surface area contributed by atoms with Gasteiger partial charge in [-0.2, -0.15) is 0 Å². The number of nitrogens with zero attached hydrogens (tertiary/aromatic N) is 2. The van der Waals surface area contributed by atoms with Crippen LogP contribution in [0.15, 0.2) is 0 Å². The molecule has 0 aromatic carbocycles. The van der Waals surface area contributed by atoms with E-state index in [1.54, 1.807) is 4.90 Å². The average Bonchev–Trinajstić information content (AvgIpc) is 2.76. The summed E-state index contributed by atoms with van der Waals surface area (Å²) in [6.45, 7) is 1.94. The molecule has 3 aliphatic rings. The SMILES string of the molecule is O=C(O)C1COCCN1C(=O)N1CC2CCC(C1)O2. The quantitative estimate of drug-likeness (QED) is 0.711. The molecule has 106 valence electrons. The van der Waals surface area contributed by atoms with E-state index >= 15 is 0 Å². The molecule has 0 aliphatic carbocycles. The second kappa shape index (κ2) is 4.97. The molecule has 0 aromatic rings. The first-order valence-corrected chi connectivity index (χ1v) is 6.66. The summed E-state index contributed by atoms with van der Waals surface area (Å²) < 4.78 is 10.8. The van der Waals surface area contributed by atoms with Gasteiger partial charge in [-0.1, -0.05) is 0 Å². The second-order valence-electron chi connectivity index (χ2n) is 5.27. The van der Waals surface area contributed by atoms with Crippen LogP contribution < -0.4 is 0 Å². The molecule has 3 fully saturated rings. The third kappa shape index (κ3) is 2.40. The first-order chi connectivity index (χ1) is 9.15. The van der Waals surface area contributed by atoms with Crippen LogP contribution in [-0.2, 0) is 14.3 Å². The van der Waals surface area contributed by atoms with Crippen LogP contribution >= 0.6 is 0 Å². The zero-order chi connectivity index (χ0) is 13.4. The molecule has 0 spiro atoms. The summed E-state index contributed by atoms with van der Waals surface area (Å²) in [4.78, 5) is 26.8. The smallest absolute Gasteiger partial charge is 0.328 e. The molecule has 2 amide bonds. The molecule has 7 nitrogen and oxygen atoms in total. The molecule has 0 saturated carbocycles. The number of fused-ring (bicyclic) bond motifs is 2. The Bertz CT molecular complexity index is 376. The Balaban J connectivity index is 1.69. The predicted octanol–water partition coefficient (Wildman–Crippen LogP) is -0.245. The summed E-state index contributed by atoms with van der Waals surface area (Å²) in [5.41, 5.74) is 0. The maximum atomic E-state index is 12.5. The van der Waals surface area contributed by atoms with E-state index in [-0.39, 0.29) is 24.8 Å². The third-order valence-electron chi connectivity index (χ3n) is 3.97. The van der Waals surface area contributed by atoms with E-state index in [9.17, 15) is 9.59 Å². The lowest BCUT2D eigenvalue weighted by atomic mass is 10.2. The lowest BCUT2D eigenvalue weighted by Gasteiger charge is -2.39. The Kier molecular flexibility index (Phi) is 3.32. The number of carbonyl (C=O) groups is 2. The van der Waals surface area contributed by atoms with Crippen molar-refractivity contribution in [3.05, 3.63) is 0 Å². The van der Waals surface area contributed by atoms with Gasteiger partial charge in [-0.05, 0) is 12.8 Å². The Hall–Kier alpha value is -1.34. The lowest BCUT2D eigenvalue weighted by molar-refractivity contribution is -0.148. The van der Waals surface area contributed by atoms with Crippen LogP contribution in [0, 0.1) is 0 Å². The van der Waals surface area contributed by atoms with Gasteiger partial charge in [-0.25, -0.2) is 9.59 Å². The lowest BCUT2D eigenvalue weighted by Crippen LogP contribution is -2.59. The van der Waals surface area contributed by atoms with Crippen molar-refractivity contribution < 1.29 is 24.2 Å². The summed E-state index contributed by atoms with van der Waals surface area (Å²) >= 11 is 0. The number of morpholine rings is 2. The summed E-state index contributed by atoms with van der Waals surface area (Å²) in [6, 6.07) is -1.07. The fraction of sp³-hybridized carbons (Fsp3) is 0.833. The zero-order valence-corrected chi connectivity index (χ0v) is 10.7. The highest BCUT2D eigenvalue weighted by molar-refractivity contribution is 5.83. The number of ether oxygens (including phenoxy) is 2. The van der Waals surface area contributed by atoms with E-state index < -0.39 is 12.0 Å². The van der Waals surface area contributed by atoms with Gasteiger partial charge in [-0.3, -0.25) is 0 Å². The fourth-order valence-electron chi connectivity index (χ4n) is 2.99. The number of hydrogen-bond acceptors (Lipinski definition) is 4. The van der Waals surface area contributed by atoms with Crippen molar-refractivity contribution in [3.63, 3.8) is 0 Å². The molecule has 0 aromatic heterocycles. The van der Waals surface area contributed by atoms with Crippen molar-refractivity contribution in [2.75, 3.05) is 32.8 Å². The molecule has 3 heterocycles. The van der Waals surface area contributed by atoms with Gasteiger partial charge >= 0.3 is 12.0 Å². The number of carboxylic acids is 1. The molecule has 3 aliphatic heterocycles. The number of urea groups is 1. The number of rotatable bonds is 1. The summed E-state index contributed by atoms with van der Waals surface area (Å²) in [5.74, 6) is -1.01. The number of carbonyl (C=O) groups excluding carboxylic acids is 1. The van der Waals surface area contributed by atoms with E-state index in [2.05, 4.69) is 0 Å². The topological polar surface area (TPSA) is 79.3 Å². The van der Waals surface area contributed by atoms with Gasteiger partial charge < -0.3 is 24.4 Å². The van der Waals surface area contributed by atoms with E-state index in [1.165, 1.54) is 4.90 Å².